The number of aromatic nitrogens is 1. The van der Waals surface area contributed by atoms with Crippen LogP contribution in [0.2, 0.25) is 0 Å². The molecule has 1 heterocycles. The predicted octanol–water partition coefficient (Wildman–Crippen LogP) is 0.638. The lowest BCUT2D eigenvalue weighted by molar-refractivity contribution is 0.0374. The van der Waals surface area contributed by atoms with Crippen LogP contribution < -0.4 is 5.73 Å². The normalized spacial score (nSPS) is 15.6. The zero-order valence-corrected chi connectivity index (χ0v) is 7.20. The topological polar surface area (TPSA) is 59.1 Å². The highest BCUT2D eigenvalue weighted by Gasteiger charge is 2.25. The first-order valence-electron chi connectivity index (χ1n) is 4.07. The lowest BCUT2D eigenvalue weighted by Gasteiger charge is -2.23. The Bertz CT molecular complexity index is 232. The van der Waals surface area contributed by atoms with E-state index in [4.69, 9.17) is 5.73 Å². The van der Waals surface area contributed by atoms with Gasteiger partial charge in [-0.3, -0.25) is 4.98 Å². The van der Waals surface area contributed by atoms with E-state index in [9.17, 15) is 5.11 Å². The minimum Gasteiger partial charge on any atom is -0.382 e. The second-order valence-electron chi connectivity index (χ2n) is 2.80. The fourth-order valence-electron chi connectivity index (χ4n) is 1.07. The monoisotopic (exact) mass is 166 g/mol. The highest BCUT2D eigenvalue weighted by Crippen LogP contribution is 2.20. The molecular weight excluding hydrogens is 152 g/mol. The first-order chi connectivity index (χ1) is 5.73. The van der Waals surface area contributed by atoms with E-state index in [1.54, 1.807) is 12.3 Å². The molecule has 0 aliphatic heterocycles. The lowest BCUT2D eigenvalue weighted by atomic mass is 9.96. The quantitative estimate of drug-likeness (QED) is 0.692. The van der Waals surface area contributed by atoms with Crippen LogP contribution in [0.1, 0.15) is 19.0 Å². The van der Waals surface area contributed by atoms with Crippen molar-refractivity contribution in [3.63, 3.8) is 0 Å². The summed E-state index contributed by atoms with van der Waals surface area (Å²) in [5.41, 5.74) is 5.15. The Morgan fingerprint density at radius 1 is 1.58 bits per heavy atom. The fraction of sp³-hybridized carbons (Fsp3) is 0.444. The Labute approximate surface area is 72.2 Å². The van der Waals surface area contributed by atoms with E-state index in [-0.39, 0.29) is 6.54 Å². The maximum atomic E-state index is 9.91. The molecule has 0 saturated heterocycles. The van der Waals surface area contributed by atoms with Gasteiger partial charge in [0, 0.05) is 12.7 Å². The summed E-state index contributed by atoms with van der Waals surface area (Å²) in [6.07, 6.45) is 2.24. The summed E-state index contributed by atoms with van der Waals surface area (Å²) in [5, 5.41) is 9.91. The Morgan fingerprint density at radius 3 is 2.75 bits per heavy atom. The van der Waals surface area contributed by atoms with Crippen LogP contribution in [0.25, 0.3) is 0 Å². The highest BCUT2D eigenvalue weighted by molar-refractivity contribution is 5.12. The third-order valence-corrected chi connectivity index (χ3v) is 2.06. The Balaban J connectivity index is 2.95. The summed E-state index contributed by atoms with van der Waals surface area (Å²) in [6.45, 7) is 2.10. The number of nitrogens with two attached hydrogens (primary N) is 1. The van der Waals surface area contributed by atoms with Crippen LogP contribution in [0.15, 0.2) is 24.4 Å². The zero-order chi connectivity index (χ0) is 9.03. The van der Waals surface area contributed by atoms with Gasteiger partial charge in [0.25, 0.3) is 0 Å². The third-order valence-electron chi connectivity index (χ3n) is 2.06. The van der Waals surface area contributed by atoms with Gasteiger partial charge in [-0.15, -0.1) is 0 Å². The van der Waals surface area contributed by atoms with Crippen molar-refractivity contribution < 1.29 is 5.11 Å². The number of rotatable bonds is 3. The van der Waals surface area contributed by atoms with E-state index in [0.717, 1.165) is 0 Å². The average Bonchev–Trinajstić information content (AvgIpc) is 2.18. The van der Waals surface area contributed by atoms with Crippen molar-refractivity contribution in [2.45, 2.75) is 18.9 Å². The fourth-order valence-corrected chi connectivity index (χ4v) is 1.07. The average molecular weight is 166 g/mol. The molecule has 3 N–H and O–H groups in total. The van der Waals surface area contributed by atoms with Crippen LogP contribution in [0.4, 0.5) is 0 Å². The molecule has 1 atom stereocenters. The van der Waals surface area contributed by atoms with Crippen LogP contribution in [-0.2, 0) is 5.60 Å². The minimum absolute atomic E-state index is 0.209. The van der Waals surface area contributed by atoms with Crippen LogP contribution in [0.3, 0.4) is 0 Å². The van der Waals surface area contributed by atoms with Gasteiger partial charge in [-0.1, -0.05) is 13.0 Å². The van der Waals surface area contributed by atoms with Gasteiger partial charge in [-0.05, 0) is 18.6 Å². The molecule has 0 fully saturated rings. The standard InChI is InChI=1S/C9H14N2O/c1-2-9(12,7-10)8-5-3-4-6-11-8/h3-6,12H,2,7,10H2,1H3. The second kappa shape index (κ2) is 3.65. The molecule has 1 aromatic heterocycles. The van der Waals surface area contributed by atoms with Gasteiger partial charge in [0.05, 0.1) is 5.69 Å². The molecule has 1 unspecified atom stereocenters. The predicted molar refractivity (Wildman–Crippen MR) is 47.5 cm³/mol. The first-order valence-corrected chi connectivity index (χ1v) is 4.07. The van der Waals surface area contributed by atoms with Crippen molar-refractivity contribution in [1.82, 2.24) is 4.98 Å². The van der Waals surface area contributed by atoms with Gasteiger partial charge in [-0.25, -0.2) is 0 Å². The highest BCUT2D eigenvalue weighted by atomic mass is 16.3. The van der Waals surface area contributed by atoms with Crippen LogP contribution in [-0.4, -0.2) is 16.6 Å². The number of aliphatic hydroxyl groups is 1. The van der Waals surface area contributed by atoms with Crippen molar-refractivity contribution in [1.29, 1.82) is 0 Å². The SMILES string of the molecule is CCC(O)(CN)c1ccccn1. The molecule has 0 aliphatic rings. The van der Waals surface area contributed by atoms with Crippen LogP contribution in [0, 0.1) is 0 Å². The largest absolute Gasteiger partial charge is 0.382 e. The first kappa shape index (κ1) is 9.16. The molecule has 0 spiro atoms. The molecular formula is C9H14N2O. The molecule has 1 aromatic rings. The molecule has 0 aliphatic carbocycles. The van der Waals surface area contributed by atoms with E-state index < -0.39 is 5.60 Å². The molecule has 0 radical (unpaired) electrons. The van der Waals surface area contributed by atoms with Gasteiger partial charge in [0.15, 0.2) is 0 Å². The van der Waals surface area contributed by atoms with E-state index >= 15 is 0 Å². The van der Waals surface area contributed by atoms with Gasteiger partial charge in [-0.2, -0.15) is 0 Å². The molecule has 66 valence electrons. The molecule has 0 amide bonds. The van der Waals surface area contributed by atoms with Crippen molar-refractivity contribution in [3.8, 4) is 0 Å². The molecule has 12 heavy (non-hydrogen) atoms. The maximum Gasteiger partial charge on any atom is 0.118 e. The Hall–Kier alpha value is -0.930. The summed E-state index contributed by atoms with van der Waals surface area (Å²) in [5.74, 6) is 0. The molecule has 3 nitrogen and oxygen atoms in total. The van der Waals surface area contributed by atoms with Gasteiger partial charge < -0.3 is 10.8 Å². The van der Waals surface area contributed by atoms with E-state index in [1.807, 2.05) is 19.1 Å². The van der Waals surface area contributed by atoms with Crippen molar-refractivity contribution in [2.24, 2.45) is 5.73 Å². The molecule has 1 rings (SSSR count). The second-order valence-corrected chi connectivity index (χ2v) is 2.80. The number of hydrogen-bond donors (Lipinski definition) is 2. The Morgan fingerprint density at radius 2 is 2.33 bits per heavy atom. The number of pyridine rings is 1. The van der Waals surface area contributed by atoms with Gasteiger partial charge in [0.2, 0.25) is 0 Å². The molecule has 3 heteroatoms. The number of nitrogens with zero attached hydrogens (tertiary/aromatic N) is 1. The summed E-state index contributed by atoms with van der Waals surface area (Å²) < 4.78 is 0. The van der Waals surface area contributed by atoms with Crippen LogP contribution in [0.5, 0.6) is 0 Å². The van der Waals surface area contributed by atoms with Crippen molar-refractivity contribution in [3.05, 3.63) is 30.1 Å². The summed E-state index contributed by atoms with van der Waals surface area (Å²) >= 11 is 0. The maximum absolute atomic E-state index is 9.91. The van der Waals surface area contributed by atoms with E-state index in [0.29, 0.717) is 12.1 Å². The van der Waals surface area contributed by atoms with E-state index in [1.165, 1.54) is 0 Å². The van der Waals surface area contributed by atoms with Gasteiger partial charge in [0.1, 0.15) is 5.60 Å². The van der Waals surface area contributed by atoms with Crippen molar-refractivity contribution in [2.75, 3.05) is 6.54 Å². The minimum atomic E-state index is -0.957. The Kier molecular flexibility index (Phi) is 2.78. The zero-order valence-electron chi connectivity index (χ0n) is 7.20. The number of hydrogen-bond acceptors (Lipinski definition) is 3. The van der Waals surface area contributed by atoms with Crippen LogP contribution >= 0.6 is 0 Å². The lowest BCUT2D eigenvalue weighted by Crippen LogP contribution is -2.34. The molecule has 0 bridgehead atoms. The van der Waals surface area contributed by atoms with Gasteiger partial charge >= 0.3 is 0 Å². The third kappa shape index (κ3) is 1.62. The smallest absolute Gasteiger partial charge is 0.118 e. The summed E-state index contributed by atoms with van der Waals surface area (Å²) in [4.78, 5) is 4.06. The van der Waals surface area contributed by atoms with E-state index in [2.05, 4.69) is 4.98 Å². The molecule has 0 saturated carbocycles. The summed E-state index contributed by atoms with van der Waals surface area (Å²) in [7, 11) is 0. The van der Waals surface area contributed by atoms with Crippen molar-refractivity contribution >= 4 is 0 Å². The molecule has 0 aromatic carbocycles. The summed E-state index contributed by atoms with van der Waals surface area (Å²) in [6, 6.07) is 5.45.